The van der Waals surface area contributed by atoms with Crippen LogP contribution in [0.5, 0.6) is 5.75 Å². The van der Waals surface area contributed by atoms with Crippen molar-refractivity contribution in [1.82, 2.24) is 4.98 Å². The van der Waals surface area contributed by atoms with Crippen LogP contribution in [0, 0.1) is 6.92 Å². The Kier molecular flexibility index (Phi) is 6.27. The molecule has 0 fully saturated rings. The predicted molar refractivity (Wildman–Crippen MR) is 67.4 cm³/mol. The zero-order chi connectivity index (χ0) is 11.8. The molecule has 0 amide bonds. The van der Waals surface area contributed by atoms with Crippen LogP contribution in [0.4, 0.5) is 0 Å². The number of benzene rings is 1. The largest absolute Gasteiger partial charge is 0.508 e. The number of aromatic amines is 1. The molecule has 0 spiro atoms. The molecule has 0 atom stereocenters. The summed E-state index contributed by atoms with van der Waals surface area (Å²) in [5.74, 6) is 0.320. The Morgan fingerprint density at radius 1 is 1.07 bits per heavy atom. The molecule has 0 unspecified atom stereocenters. The molecule has 2 heteroatoms. The normalized spacial score (nSPS) is 8.60. The number of rotatable bonds is 0. The monoisotopic (exact) mass is 207 g/mol. The molecule has 84 valence electrons. The molecule has 2 N–H and O–H groups in total. The molecule has 0 bridgehead atoms. The van der Waals surface area contributed by atoms with Crippen molar-refractivity contribution in [3.05, 3.63) is 30.0 Å². The highest BCUT2D eigenvalue weighted by molar-refractivity contribution is 5.84. The smallest absolute Gasteiger partial charge is 0.116 e. The van der Waals surface area contributed by atoms with Gasteiger partial charge in [-0.2, -0.15) is 0 Å². The molecule has 1 aromatic heterocycles. The summed E-state index contributed by atoms with van der Waals surface area (Å²) in [5.41, 5.74) is 2.23. The van der Waals surface area contributed by atoms with E-state index in [9.17, 15) is 0 Å². The van der Waals surface area contributed by atoms with Crippen LogP contribution in [0.25, 0.3) is 10.9 Å². The van der Waals surface area contributed by atoms with Gasteiger partial charge in [-0.15, -0.1) is 0 Å². The molecule has 0 saturated carbocycles. The summed E-state index contributed by atoms with van der Waals surface area (Å²) in [6.07, 6.45) is 1.93. The first-order chi connectivity index (χ1) is 7.27. The summed E-state index contributed by atoms with van der Waals surface area (Å²) >= 11 is 0. The Balaban J connectivity index is 0.000000442. The van der Waals surface area contributed by atoms with Gasteiger partial charge in [-0.3, -0.25) is 0 Å². The lowest BCUT2D eigenvalue weighted by Gasteiger charge is -1.92. The molecule has 0 aliphatic heterocycles. The molecule has 1 heterocycles. The van der Waals surface area contributed by atoms with Crippen molar-refractivity contribution >= 4 is 10.9 Å². The third-order valence-corrected chi connectivity index (χ3v) is 1.87. The van der Waals surface area contributed by atoms with E-state index in [1.165, 1.54) is 0 Å². The second kappa shape index (κ2) is 6.93. The Bertz CT molecular complexity index is 390. The molecule has 15 heavy (non-hydrogen) atoms. The first-order valence-corrected chi connectivity index (χ1v) is 5.54. The summed E-state index contributed by atoms with van der Waals surface area (Å²) in [6.45, 7) is 10.0. The first-order valence-electron chi connectivity index (χ1n) is 5.54. The fourth-order valence-corrected chi connectivity index (χ4v) is 1.25. The van der Waals surface area contributed by atoms with Crippen LogP contribution in [0.2, 0.25) is 0 Å². The summed E-state index contributed by atoms with van der Waals surface area (Å²) in [4.78, 5) is 3.10. The van der Waals surface area contributed by atoms with E-state index in [-0.39, 0.29) is 0 Å². The molecule has 1 aromatic carbocycles. The van der Waals surface area contributed by atoms with Gasteiger partial charge in [0.15, 0.2) is 0 Å². The number of aryl methyl sites for hydroxylation is 1. The Labute approximate surface area is 92.0 Å². The van der Waals surface area contributed by atoms with Gasteiger partial charge in [-0.1, -0.05) is 27.7 Å². The fraction of sp³-hybridized carbons (Fsp3) is 0.385. The standard InChI is InChI=1S/C9H9NO.2C2H6/c1-6-5-10-9-3-2-7(11)4-8(6)9;2*1-2/h2-5,10-11H,1H3;2*1-2H3. The fourth-order valence-electron chi connectivity index (χ4n) is 1.25. The summed E-state index contributed by atoms with van der Waals surface area (Å²) < 4.78 is 0. The molecule has 0 aliphatic rings. The molecule has 0 saturated heterocycles. The van der Waals surface area contributed by atoms with E-state index in [0.29, 0.717) is 5.75 Å². The van der Waals surface area contributed by atoms with Crippen LogP contribution in [-0.4, -0.2) is 10.1 Å². The second-order valence-corrected chi connectivity index (χ2v) is 2.70. The highest BCUT2D eigenvalue weighted by Crippen LogP contribution is 2.21. The van der Waals surface area contributed by atoms with Crippen molar-refractivity contribution in [3.8, 4) is 5.75 Å². The van der Waals surface area contributed by atoms with Crippen molar-refractivity contribution in [2.75, 3.05) is 0 Å². The number of hydrogen-bond acceptors (Lipinski definition) is 1. The lowest BCUT2D eigenvalue weighted by atomic mass is 10.2. The van der Waals surface area contributed by atoms with Crippen LogP contribution in [0.15, 0.2) is 24.4 Å². The van der Waals surface area contributed by atoms with E-state index in [1.54, 1.807) is 12.1 Å². The third-order valence-electron chi connectivity index (χ3n) is 1.87. The van der Waals surface area contributed by atoms with Crippen LogP contribution < -0.4 is 0 Å². The predicted octanol–water partition coefficient (Wildman–Crippen LogP) is 4.23. The van der Waals surface area contributed by atoms with Crippen molar-refractivity contribution in [2.45, 2.75) is 34.6 Å². The highest BCUT2D eigenvalue weighted by atomic mass is 16.3. The summed E-state index contributed by atoms with van der Waals surface area (Å²) in [5, 5.41) is 10.2. The number of phenolic OH excluding ortho intramolecular Hbond substituents is 1. The minimum Gasteiger partial charge on any atom is -0.508 e. The number of phenols is 1. The Morgan fingerprint density at radius 2 is 1.67 bits per heavy atom. The number of aromatic nitrogens is 1. The van der Waals surface area contributed by atoms with E-state index < -0.39 is 0 Å². The number of aromatic hydroxyl groups is 1. The number of fused-ring (bicyclic) bond motifs is 1. The van der Waals surface area contributed by atoms with E-state index >= 15 is 0 Å². The SMILES string of the molecule is CC.CC.Cc1c[nH]c2ccc(O)cc12. The summed E-state index contributed by atoms with van der Waals surface area (Å²) in [7, 11) is 0. The minimum absolute atomic E-state index is 0.320. The maximum atomic E-state index is 9.16. The average Bonchev–Trinajstić information content (AvgIpc) is 2.66. The van der Waals surface area contributed by atoms with Gasteiger partial charge < -0.3 is 10.1 Å². The van der Waals surface area contributed by atoms with Crippen molar-refractivity contribution in [1.29, 1.82) is 0 Å². The molecule has 2 nitrogen and oxygen atoms in total. The second-order valence-electron chi connectivity index (χ2n) is 2.70. The topological polar surface area (TPSA) is 36.0 Å². The first kappa shape index (κ1) is 13.6. The third kappa shape index (κ3) is 3.31. The Hall–Kier alpha value is -1.44. The van der Waals surface area contributed by atoms with Crippen LogP contribution in [0.1, 0.15) is 33.3 Å². The van der Waals surface area contributed by atoms with Crippen molar-refractivity contribution in [2.24, 2.45) is 0 Å². The van der Waals surface area contributed by atoms with Gasteiger partial charge in [-0.05, 0) is 30.7 Å². The van der Waals surface area contributed by atoms with Gasteiger partial charge in [0, 0.05) is 17.1 Å². The minimum atomic E-state index is 0.320. The quantitative estimate of drug-likeness (QED) is 0.666. The molecule has 2 rings (SSSR count). The molecule has 0 radical (unpaired) electrons. The molecule has 0 aliphatic carbocycles. The maximum Gasteiger partial charge on any atom is 0.116 e. The van der Waals surface area contributed by atoms with E-state index in [2.05, 4.69) is 4.98 Å². The van der Waals surface area contributed by atoms with E-state index in [0.717, 1.165) is 16.5 Å². The van der Waals surface area contributed by atoms with E-state index in [1.807, 2.05) is 46.9 Å². The van der Waals surface area contributed by atoms with Crippen molar-refractivity contribution in [3.63, 3.8) is 0 Å². The van der Waals surface area contributed by atoms with Gasteiger partial charge >= 0.3 is 0 Å². The summed E-state index contributed by atoms with van der Waals surface area (Å²) in [6, 6.07) is 5.32. The maximum absolute atomic E-state index is 9.16. The Morgan fingerprint density at radius 3 is 2.27 bits per heavy atom. The van der Waals surface area contributed by atoms with Crippen molar-refractivity contribution < 1.29 is 5.11 Å². The molecular weight excluding hydrogens is 186 g/mol. The molecule has 2 aromatic rings. The van der Waals surface area contributed by atoms with Gasteiger partial charge in [-0.25, -0.2) is 0 Å². The van der Waals surface area contributed by atoms with Crippen LogP contribution in [0.3, 0.4) is 0 Å². The number of nitrogens with one attached hydrogen (secondary N) is 1. The number of hydrogen-bond donors (Lipinski definition) is 2. The van der Waals surface area contributed by atoms with E-state index in [4.69, 9.17) is 5.11 Å². The lowest BCUT2D eigenvalue weighted by molar-refractivity contribution is 0.476. The highest BCUT2D eigenvalue weighted by Gasteiger charge is 1.98. The van der Waals surface area contributed by atoms with Gasteiger partial charge in [0.05, 0.1) is 0 Å². The van der Waals surface area contributed by atoms with Crippen LogP contribution >= 0.6 is 0 Å². The number of H-pyrrole nitrogens is 1. The van der Waals surface area contributed by atoms with Gasteiger partial charge in [0.25, 0.3) is 0 Å². The van der Waals surface area contributed by atoms with Gasteiger partial charge in [0.2, 0.25) is 0 Å². The molecular formula is C13H21NO. The van der Waals surface area contributed by atoms with Gasteiger partial charge in [0.1, 0.15) is 5.75 Å². The zero-order valence-electron chi connectivity index (χ0n) is 10.3. The zero-order valence-corrected chi connectivity index (χ0v) is 10.3. The average molecular weight is 207 g/mol. The lowest BCUT2D eigenvalue weighted by Crippen LogP contribution is -1.68. The van der Waals surface area contributed by atoms with Crippen LogP contribution in [-0.2, 0) is 0 Å².